The van der Waals surface area contributed by atoms with Crippen molar-refractivity contribution in [2.24, 2.45) is 0 Å². The molecule has 0 aromatic heterocycles. The number of benzene rings is 1. The summed E-state index contributed by atoms with van der Waals surface area (Å²) in [5, 5.41) is 26.7. The van der Waals surface area contributed by atoms with Crippen LogP contribution < -0.4 is 169 Å². The molecule has 3 nitrogen and oxygen atoms in total. The molecule has 0 N–H and O–H groups in total. The second-order valence-corrected chi connectivity index (χ2v) is 3.52. The number of hydrogen-bond acceptors (Lipinski definition) is 3. The van der Waals surface area contributed by atoms with Crippen molar-refractivity contribution >= 4 is 53.7 Å². The minimum atomic E-state index is -2.92. The van der Waals surface area contributed by atoms with Gasteiger partial charge in [0.25, 0.3) is 0 Å². The third kappa shape index (κ3) is 15.9. The molecule has 0 aliphatic carbocycles. The fourth-order valence-corrected chi connectivity index (χ4v) is 1.24. The molecule has 0 saturated heterocycles. The standard InChI is InChI=1S/C6H2Cl4.BO3.3K/c7-3-1-2-4(8)6(10)5(3)9;2-1(3)4;;;/h1-2H;;;;/q;-3;3*+1. The zero-order valence-corrected chi connectivity index (χ0v) is 21.9. The summed E-state index contributed by atoms with van der Waals surface area (Å²) in [6, 6.07) is 3.19. The van der Waals surface area contributed by atoms with E-state index in [4.69, 9.17) is 61.5 Å². The summed E-state index contributed by atoms with van der Waals surface area (Å²) in [4.78, 5) is 0. The Morgan fingerprint density at radius 3 is 1.06 bits per heavy atom. The molecule has 17 heavy (non-hydrogen) atoms. The SMILES string of the molecule is Clc1ccc(Cl)c(Cl)c1Cl.[K+].[K+].[K+].[O-]B([O-])[O-]. The second-order valence-electron chi connectivity index (χ2n) is 1.95. The van der Waals surface area contributed by atoms with Crippen LogP contribution in [0.3, 0.4) is 0 Å². The first-order chi connectivity index (χ1) is 6.36. The van der Waals surface area contributed by atoms with Crippen LogP contribution in [-0.2, 0) is 0 Å². The molecular formula is C6H2BCl4K3O3. The van der Waals surface area contributed by atoms with Crippen molar-refractivity contribution in [1.82, 2.24) is 0 Å². The summed E-state index contributed by atoms with van der Waals surface area (Å²) in [7, 11) is -2.92. The van der Waals surface area contributed by atoms with Crippen molar-refractivity contribution < 1.29 is 169 Å². The number of rotatable bonds is 0. The topological polar surface area (TPSA) is 69.2 Å². The van der Waals surface area contributed by atoms with Gasteiger partial charge in [-0.15, -0.1) is 0 Å². The third-order valence-corrected chi connectivity index (χ3v) is 2.69. The van der Waals surface area contributed by atoms with E-state index in [0.717, 1.165) is 0 Å². The average molecular weight is 392 g/mol. The van der Waals surface area contributed by atoms with Gasteiger partial charge < -0.3 is 15.1 Å². The molecule has 1 aromatic carbocycles. The van der Waals surface area contributed by atoms with Crippen molar-refractivity contribution in [3.63, 3.8) is 0 Å². The van der Waals surface area contributed by atoms with E-state index in [2.05, 4.69) is 0 Å². The van der Waals surface area contributed by atoms with Crippen LogP contribution in [0.4, 0.5) is 0 Å². The molecule has 1 rings (SSSR count). The maximum Gasteiger partial charge on any atom is 1.00 e. The van der Waals surface area contributed by atoms with E-state index in [1.807, 2.05) is 0 Å². The molecule has 78 valence electrons. The zero-order valence-electron chi connectivity index (χ0n) is 9.47. The van der Waals surface area contributed by atoms with E-state index in [-0.39, 0.29) is 154 Å². The molecule has 0 spiro atoms. The molecule has 0 bridgehead atoms. The quantitative estimate of drug-likeness (QED) is 0.250. The Morgan fingerprint density at radius 2 is 0.882 bits per heavy atom. The Kier molecular flexibility index (Phi) is 31.2. The van der Waals surface area contributed by atoms with Crippen LogP contribution in [0.2, 0.25) is 20.1 Å². The first-order valence-corrected chi connectivity index (χ1v) is 4.64. The Bertz CT molecular complexity index is 289. The molecule has 0 saturated carbocycles. The van der Waals surface area contributed by atoms with E-state index in [0.29, 0.717) is 20.1 Å². The molecule has 11 heteroatoms. The Hall–Kier alpha value is 5.23. The predicted octanol–water partition coefficient (Wildman–Crippen LogP) is -8.64. The smallest absolute Gasteiger partial charge is 0.907 e. The second kappa shape index (κ2) is 17.6. The summed E-state index contributed by atoms with van der Waals surface area (Å²) < 4.78 is 0. The van der Waals surface area contributed by atoms with Gasteiger partial charge in [0.2, 0.25) is 0 Å². The summed E-state index contributed by atoms with van der Waals surface area (Å²) >= 11 is 22.5. The van der Waals surface area contributed by atoms with Crippen LogP contribution in [0.1, 0.15) is 0 Å². The van der Waals surface area contributed by atoms with Crippen LogP contribution in [0.25, 0.3) is 0 Å². The molecule has 0 aliphatic heterocycles. The van der Waals surface area contributed by atoms with Crippen molar-refractivity contribution in [3.05, 3.63) is 32.2 Å². The minimum absolute atomic E-state index is 0. The minimum Gasteiger partial charge on any atom is -0.907 e. The molecule has 0 heterocycles. The predicted molar refractivity (Wildman–Crippen MR) is 52.2 cm³/mol. The van der Waals surface area contributed by atoms with Gasteiger partial charge >= 0.3 is 154 Å². The Morgan fingerprint density at radius 1 is 0.706 bits per heavy atom. The summed E-state index contributed by atoms with van der Waals surface area (Å²) in [6.45, 7) is 0. The van der Waals surface area contributed by atoms with Crippen LogP contribution in [0.15, 0.2) is 12.1 Å². The maximum absolute atomic E-state index is 8.42. The molecule has 0 atom stereocenters. The molecule has 0 unspecified atom stereocenters. The Labute approximate surface area is 248 Å². The zero-order chi connectivity index (χ0) is 11.3. The third-order valence-electron chi connectivity index (χ3n) is 0.988. The van der Waals surface area contributed by atoms with Gasteiger partial charge in [-0.25, -0.2) is 0 Å². The molecular weight excluding hydrogens is 390 g/mol. The van der Waals surface area contributed by atoms with Crippen molar-refractivity contribution in [2.45, 2.75) is 0 Å². The van der Waals surface area contributed by atoms with Crippen molar-refractivity contribution in [2.75, 3.05) is 0 Å². The average Bonchev–Trinajstić information content (AvgIpc) is 2.07. The maximum atomic E-state index is 8.42. The van der Waals surface area contributed by atoms with Crippen LogP contribution in [0, 0.1) is 0 Å². The van der Waals surface area contributed by atoms with Gasteiger partial charge in [-0.2, -0.15) is 0 Å². The summed E-state index contributed by atoms with van der Waals surface area (Å²) in [5.41, 5.74) is 0. The van der Waals surface area contributed by atoms with E-state index >= 15 is 0 Å². The van der Waals surface area contributed by atoms with Gasteiger partial charge in [-0.05, 0) is 12.1 Å². The normalized spacial score (nSPS) is 7.47. The van der Waals surface area contributed by atoms with Gasteiger partial charge in [-0.1, -0.05) is 46.4 Å². The number of halogens is 4. The first-order valence-electron chi connectivity index (χ1n) is 3.12. The van der Waals surface area contributed by atoms with E-state index in [1.54, 1.807) is 12.1 Å². The van der Waals surface area contributed by atoms with E-state index in [1.165, 1.54) is 0 Å². The van der Waals surface area contributed by atoms with Crippen molar-refractivity contribution in [1.29, 1.82) is 0 Å². The van der Waals surface area contributed by atoms with Crippen LogP contribution in [-0.4, -0.2) is 7.32 Å². The molecule has 0 fully saturated rings. The molecule has 0 radical (unpaired) electrons. The largest absolute Gasteiger partial charge is 1.00 e. The van der Waals surface area contributed by atoms with Gasteiger partial charge in [0.05, 0.1) is 20.1 Å². The van der Waals surface area contributed by atoms with Gasteiger partial charge in [0.15, 0.2) is 0 Å². The molecule has 1 aromatic rings. The van der Waals surface area contributed by atoms with Gasteiger partial charge in [-0.3, -0.25) is 7.32 Å². The monoisotopic (exact) mass is 390 g/mol. The van der Waals surface area contributed by atoms with E-state index in [9.17, 15) is 0 Å². The fraction of sp³-hybridized carbons (Fsp3) is 0. The fourth-order valence-electron chi connectivity index (χ4n) is 0.502. The Balaban J connectivity index is -0.000000108. The summed E-state index contributed by atoms with van der Waals surface area (Å²) in [6.07, 6.45) is 0. The van der Waals surface area contributed by atoms with Gasteiger partial charge in [0, 0.05) is 0 Å². The number of hydrogen-bond donors (Lipinski definition) is 0. The summed E-state index contributed by atoms with van der Waals surface area (Å²) in [5.74, 6) is 0. The van der Waals surface area contributed by atoms with E-state index < -0.39 is 7.32 Å². The van der Waals surface area contributed by atoms with Gasteiger partial charge in [0.1, 0.15) is 0 Å². The van der Waals surface area contributed by atoms with Crippen LogP contribution in [0.5, 0.6) is 0 Å². The first kappa shape index (κ1) is 30.2. The molecule has 0 aliphatic rings. The van der Waals surface area contributed by atoms with Crippen LogP contribution >= 0.6 is 46.4 Å². The van der Waals surface area contributed by atoms with Crippen molar-refractivity contribution in [3.8, 4) is 0 Å². The molecule has 0 amide bonds.